The molecule has 3 nitrogen and oxygen atoms in total. The highest BCUT2D eigenvalue weighted by molar-refractivity contribution is 4.95. The molecule has 0 unspecified atom stereocenters. The maximum absolute atomic E-state index is 5.94. The molecule has 0 bridgehead atoms. The Hall–Kier alpha value is -0.120. The molecule has 2 fully saturated rings. The second-order valence-corrected chi connectivity index (χ2v) is 4.27. The standard InChI is InChI=1S/C9H18N2O/c1-11-4-3-9(7-11)6-8(10)2-5-12-9/h8H,2-7,10H2,1H3/t8-,9-/m1/s1. The first-order chi connectivity index (χ1) is 5.70. The smallest absolute Gasteiger partial charge is 0.0835 e. The quantitative estimate of drug-likeness (QED) is 0.564. The van der Waals surface area contributed by atoms with E-state index in [9.17, 15) is 0 Å². The average Bonchev–Trinajstić information content (AvgIpc) is 2.32. The summed E-state index contributed by atoms with van der Waals surface area (Å²) in [6.45, 7) is 3.09. The van der Waals surface area contributed by atoms with Gasteiger partial charge in [-0.15, -0.1) is 0 Å². The Morgan fingerprint density at radius 1 is 1.58 bits per heavy atom. The fraction of sp³-hybridized carbons (Fsp3) is 1.00. The van der Waals surface area contributed by atoms with Gasteiger partial charge in [-0.05, 0) is 26.3 Å². The maximum atomic E-state index is 5.94. The molecular weight excluding hydrogens is 152 g/mol. The molecule has 2 aliphatic rings. The molecule has 0 aliphatic carbocycles. The summed E-state index contributed by atoms with van der Waals surface area (Å²) in [5, 5.41) is 0. The third-order valence-corrected chi connectivity index (χ3v) is 3.04. The first-order valence-electron chi connectivity index (χ1n) is 4.78. The summed E-state index contributed by atoms with van der Waals surface area (Å²) in [6.07, 6.45) is 3.25. The van der Waals surface area contributed by atoms with Crippen LogP contribution in [-0.2, 0) is 4.74 Å². The van der Waals surface area contributed by atoms with Gasteiger partial charge in [0.2, 0.25) is 0 Å². The first kappa shape index (κ1) is 8.48. The molecule has 0 aromatic rings. The molecule has 12 heavy (non-hydrogen) atoms. The van der Waals surface area contributed by atoms with Gasteiger partial charge in [0.05, 0.1) is 5.60 Å². The molecule has 0 aromatic heterocycles. The molecule has 0 radical (unpaired) electrons. The summed E-state index contributed by atoms with van der Waals surface area (Å²) >= 11 is 0. The highest BCUT2D eigenvalue weighted by Gasteiger charge is 2.41. The molecule has 0 aromatic carbocycles. The van der Waals surface area contributed by atoms with E-state index in [1.807, 2.05) is 0 Å². The van der Waals surface area contributed by atoms with Crippen molar-refractivity contribution in [2.75, 3.05) is 26.7 Å². The lowest BCUT2D eigenvalue weighted by atomic mass is 9.90. The van der Waals surface area contributed by atoms with Gasteiger partial charge in [-0.1, -0.05) is 0 Å². The molecule has 3 heteroatoms. The van der Waals surface area contributed by atoms with E-state index in [4.69, 9.17) is 10.5 Å². The summed E-state index contributed by atoms with van der Waals surface area (Å²) in [5.74, 6) is 0. The number of nitrogens with two attached hydrogens (primary N) is 1. The van der Waals surface area contributed by atoms with E-state index in [0.717, 1.165) is 39.0 Å². The summed E-state index contributed by atoms with van der Waals surface area (Å²) in [7, 11) is 2.15. The molecule has 0 saturated carbocycles. The van der Waals surface area contributed by atoms with E-state index in [1.165, 1.54) is 0 Å². The third kappa shape index (κ3) is 1.49. The molecule has 2 atom stereocenters. The Kier molecular flexibility index (Phi) is 2.10. The van der Waals surface area contributed by atoms with Gasteiger partial charge in [-0.25, -0.2) is 0 Å². The van der Waals surface area contributed by atoms with Gasteiger partial charge in [0.25, 0.3) is 0 Å². The van der Waals surface area contributed by atoms with Crippen LogP contribution >= 0.6 is 0 Å². The van der Waals surface area contributed by atoms with Crippen LogP contribution in [0.2, 0.25) is 0 Å². The van der Waals surface area contributed by atoms with Crippen molar-refractivity contribution >= 4 is 0 Å². The third-order valence-electron chi connectivity index (χ3n) is 3.04. The minimum atomic E-state index is 0.117. The van der Waals surface area contributed by atoms with Crippen LogP contribution in [0.3, 0.4) is 0 Å². The molecule has 1 spiro atoms. The monoisotopic (exact) mass is 170 g/mol. The van der Waals surface area contributed by atoms with E-state index in [-0.39, 0.29) is 5.60 Å². The molecule has 2 heterocycles. The normalized spacial score (nSPS) is 44.0. The van der Waals surface area contributed by atoms with Gasteiger partial charge < -0.3 is 15.4 Å². The van der Waals surface area contributed by atoms with Crippen molar-refractivity contribution in [2.45, 2.75) is 30.9 Å². The van der Waals surface area contributed by atoms with Crippen molar-refractivity contribution in [1.29, 1.82) is 0 Å². The predicted molar refractivity (Wildman–Crippen MR) is 48.0 cm³/mol. The molecule has 70 valence electrons. The van der Waals surface area contributed by atoms with Crippen molar-refractivity contribution in [1.82, 2.24) is 4.90 Å². The largest absolute Gasteiger partial charge is 0.373 e. The van der Waals surface area contributed by atoms with Crippen LogP contribution in [0.4, 0.5) is 0 Å². The van der Waals surface area contributed by atoms with Crippen LogP contribution in [0.5, 0.6) is 0 Å². The summed E-state index contributed by atoms with van der Waals surface area (Å²) in [4.78, 5) is 2.33. The SMILES string of the molecule is CN1CC[C@@]2(C[C@H](N)CCO2)C1. The Balaban J connectivity index is 2.00. The summed E-state index contributed by atoms with van der Waals surface area (Å²) in [6, 6.07) is 0.366. The van der Waals surface area contributed by atoms with Crippen LogP contribution in [0.25, 0.3) is 0 Å². The topological polar surface area (TPSA) is 38.5 Å². The molecule has 2 saturated heterocycles. The van der Waals surface area contributed by atoms with E-state index >= 15 is 0 Å². The van der Waals surface area contributed by atoms with Crippen LogP contribution in [0, 0.1) is 0 Å². The van der Waals surface area contributed by atoms with Gasteiger partial charge in [0, 0.05) is 25.7 Å². The number of nitrogens with zero attached hydrogens (tertiary/aromatic N) is 1. The lowest BCUT2D eigenvalue weighted by Gasteiger charge is -2.36. The summed E-state index contributed by atoms with van der Waals surface area (Å²) in [5.41, 5.74) is 6.05. The Morgan fingerprint density at radius 3 is 3.00 bits per heavy atom. The fourth-order valence-electron chi connectivity index (χ4n) is 2.39. The number of likely N-dealkylation sites (N-methyl/N-ethyl adjacent to an activating group) is 1. The van der Waals surface area contributed by atoms with Gasteiger partial charge in [0.1, 0.15) is 0 Å². The van der Waals surface area contributed by atoms with Crippen LogP contribution in [0.1, 0.15) is 19.3 Å². The number of likely N-dealkylation sites (tertiary alicyclic amines) is 1. The lowest BCUT2D eigenvalue weighted by molar-refractivity contribution is -0.0747. The number of ether oxygens (including phenoxy) is 1. The van der Waals surface area contributed by atoms with E-state index in [0.29, 0.717) is 6.04 Å². The zero-order valence-electron chi connectivity index (χ0n) is 7.75. The average molecular weight is 170 g/mol. The Bertz CT molecular complexity index is 170. The molecule has 2 rings (SSSR count). The molecule has 2 N–H and O–H groups in total. The lowest BCUT2D eigenvalue weighted by Crippen LogP contribution is -2.46. The van der Waals surface area contributed by atoms with Crippen molar-refractivity contribution in [3.8, 4) is 0 Å². The number of hydrogen-bond acceptors (Lipinski definition) is 3. The minimum absolute atomic E-state index is 0.117. The zero-order chi connectivity index (χ0) is 8.60. The highest BCUT2D eigenvalue weighted by atomic mass is 16.5. The predicted octanol–water partition coefficient (Wildman–Crippen LogP) is 0.198. The van der Waals surface area contributed by atoms with E-state index in [1.54, 1.807) is 0 Å². The van der Waals surface area contributed by atoms with Crippen molar-refractivity contribution in [3.05, 3.63) is 0 Å². The van der Waals surface area contributed by atoms with Gasteiger partial charge in [-0.3, -0.25) is 0 Å². The minimum Gasteiger partial charge on any atom is -0.373 e. The molecular formula is C9H18N2O. The maximum Gasteiger partial charge on any atom is 0.0835 e. The Morgan fingerprint density at radius 2 is 2.42 bits per heavy atom. The fourth-order valence-corrected chi connectivity index (χ4v) is 2.39. The molecule has 0 amide bonds. The van der Waals surface area contributed by atoms with Crippen molar-refractivity contribution < 1.29 is 4.74 Å². The van der Waals surface area contributed by atoms with Gasteiger partial charge in [-0.2, -0.15) is 0 Å². The second kappa shape index (κ2) is 2.98. The van der Waals surface area contributed by atoms with E-state index in [2.05, 4.69) is 11.9 Å². The first-order valence-corrected chi connectivity index (χ1v) is 4.78. The highest BCUT2D eigenvalue weighted by Crippen LogP contribution is 2.32. The van der Waals surface area contributed by atoms with Gasteiger partial charge in [0.15, 0.2) is 0 Å². The van der Waals surface area contributed by atoms with Crippen LogP contribution in [-0.4, -0.2) is 43.3 Å². The number of hydrogen-bond donors (Lipinski definition) is 1. The second-order valence-electron chi connectivity index (χ2n) is 4.27. The van der Waals surface area contributed by atoms with Crippen molar-refractivity contribution in [2.24, 2.45) is 5.73 Å². The zero-order valence-corrected chi connectivity index (χ0v) is 7.75. The number of rotatable bonds is 0. The Labute approximate surface area is 73.9 Å². The van der Waals surface area contributed by atoms with E-state index < -0.39 is 0 Å². The van der Waals surface area contributed by atoms with Crippen molar-refractivity contribution in [3.63, 3.8) is 0 Å². The van der Waals surface area contributed by atoms with Crippen LogP contribution < -0.4 is 5.73 Å². The van der Waals surface area contributed by atoms with Crippen LogP contribution in [0.15, 0.2) is 0 Å². The molecule has 2 aliphatic heterocycles. The van der Waals surface area contributed by atoms with Gasteiger partial charge >= 0.3 is 0 Å². The summed E-state index contributed by atoms with van der Waals surface area (Å²) < 4.78 is 5.85.